The van der Waals surface area contributed by atoms with Crippen molar-refractivity contribution in [3.63, 3.8) is 0 Å². The van der Waals surface area contributed by atoms with Gasteiger partial charge in [-0.3, -0.25) is 4.68 Å². The quantitative estimate of drug-likeness (QED) is 0.804. The van der Waals surface area contributed by atoms with Crippen molar-refractivity contribution >= 4 is 9.84 Å². The van der Waals surface area contributed by atoms with Crippen molar-refractivity contribution in [1.82, 2.24) is 9.78 Å². The molecule has 0 radical (unpaired) electrons. The first-order chi connectivity index (χ1) is 7.44. The number of aliphatic hydroxyl groups is 1. The third-order valence-electron chi connectivity index (χ3n) is 2.38. The van der Waals surface area contributed by atoms with Crippen LogP contribution in [0, 0.1) is 0 Å². The molecule has 0 aliphatic carbocycles. The summed E-state index contributed by atoms with van der Waals surface area (Å²) in [5, 5.41) is 13.9. The number of hydrogen-bond donors (Lipinski definition) is 1. The van der Waals surface area contributed by atoms with Crippen LogP contribution in [-0.2, 0) is 16.4 Å². The van der Waals surface area contributed by atoms with Gasteiger partial charge >= 0.3 is 0 Å². The molecular weight excluding hydrogens is 228 g/mol. The minimum Gasteiger partial charge on any atom is -0.387 e. The van der Waals surface area contributed by atoms with Crippen LogP contribution in [0.25, 0.3) is 0 Å². The first kappa shape index (κ1) is 13.2. The number of nitrogens with zero attached hydrogens (tertiary/aromatic N) is 2. The minimum absolute atomic E-state index is 0.115. The molecule has 1 unspecified atom stereocenters. The van der Waals surface area contributed by atoms with E-state index in [0.29, 0.717) is 19.4 Å². The van der Waals surface area contributed by atoms with E-state index in [1.807, 2.05) is 6.92 Å². The minimum atomic E-state index is -2.94. The van der Waals surface area contributed by atoms with Gasteiger partial charge in [0.15, 0.2) is 0 Å². The lowest BCUT2D eigenvalue weighted by Gasteiger charge is -2.11. The molecule has 16 heavy (non-hydrogen) atoms. The van der Waals surface area contributed by atoms with E-state index in [4.69, 9.17) is 0 Å². The second-order valence-electron chi connectivity index (χ2n) is 3.86. The van der Waals surface area contributed by atoms with Gasteiger partial charge in [0.25, 0.3) is 0 Å². The summed E-state index contributed by atoms with van der Waals surface area (Å²) in [7, 11) is -2.94. The molecule has 0 bridgehead atoms. The summed E-state index contributed by atoms with van der Waals surface area (Å²) in [6.07, 6.45) is 3.12. The maximum absolute atomic E-state index is 10.9. The molecule has 5 nitrogen and oxygen atoms in total. The molecule has 0 saturated carbocycles. The fourth-order valence-electron chi connectivity index (χ4n) is 1.58. The molecule has 1 rings (SSSR count). The average Bonchev–Trinajstić information content (AvgIpc) is 2.63. The van der Waals surface area contributed by atoms with Gasteiger partial charge in [-0.1, -0.05) is 0 Å². The van der Waals surface area contributed by atoms with Crippen LogP contribution in [0.5, 0.6) is 0 Å². The highest BCUT2D eigenvalue weighted by atomic mass is 32.2. The lowest BCUT2D eigenvalue weighted by Crippen LogP contribution is -2.10. The van der Waals surface area contributed by atoms with Gasteiger partial charge in [0.2, 0.25) is 0 Å². The van der Waals surface area contributed by atoms with Gasteiger partial charge in [-0.2, -0.15) is 5.10 Å². The summed E-state index contributed by atoms with van der Waals surface area (Å²) in [6, 6.07) is 1.76. The number of aromatic nitrogens is 2. The Bertz CT molecular complexity index is 425. The Kier molecular flexibility index (Phi) is 4.49. The van der Waals surface area contributed by atoms with Crippen molar-refractivity contribution in [2.75, 3.05) is 12.0 Å². The molecule has 0 spiro atoms. The lowest BCUT2D eigenvalue weighted by molar-refractivity contribution is 0.156. The topological polar surface area (TPSA) is 72.2 Å². The van der Waals surface area contributed by atoms with Gasteiger partial charge in [0, 0.05) is 24.8 Å². The summed E-state index contributed by atoms with van der Waals surface area (Å²) < 4.78 is 23.6. The molecule has 92 valence electrons. The number of rotatable bonds is 6. The van der Waals surface area contributed by atoms with E-state index >= 15 is 0 Å². The number of aliphatic hydroxyl groups excluding tert-OH is 1. The Balaban J connectivity index is 2.50. The first-order valence-electron chi connectivity index (χ1n) is 5.31. The SMILES string of the molecule is CCn1nccc1C(O)CCCS(C)(=O)=O. The first-order valence-corrected chi connectivity index (χ1v) is 7.37. The molecule has 0 aromatic carbocycles. The van der Waals surface area contributed by atoms with Crippen LogP contribution in [0.3, 0.4) is 0 Å². The smallest absolute Gasteiger partial charge is 0.147 e. The largest absolute Gasteiger partial charge is 0.387 e. The molecule has 1 N–H and O–H groups in total. The fraction of sp³-hybridized carbons (Fsp3) is 0.700. The van der Waals surface area contributed by atoms with Crippen molar-refractivity contribution in [3.8, 4) is 0 Å². The highest BCUT2D eigenvalue weighted by molar-refractivity contribution is 7.90. The number of sulfone groups is 1. The molecule has 6 heteroatoms. The van der Waals surface area contributed by atoms with Gasteiger partial charge < -0.3 is 5.11 Å². The summed E-state index contributed by atoms with van der Waals surface area (Å²) in [4.78, 5) is 0. The highest BCUT2D eigenvalue weighted by Crippen LogP contribution is 2.18. The molecule has 0 saturated heterocycles. The van der Waals surface area contributed by atoms with E-state index in [1.165, 1.54) is 6.26 Å². The van der Waals surface area contributed by atoms with Gasteiger partial charge in [0.05, 0.1) is 11.8 Å². The Morgan fingerprint density at radius 3 is 2.81 bits per heavy atom. The van der Waals surface area contributed by atoms with Crippen LogP contribution in [0.15, 0.2) is 12.3 Å². The van der Waals surface area contributed by atoms with Gasteiger partial charge in [0.1, 0.15) is 9.84 Å². The van der Waals surface area contributed by atoms with Crippen molar-refractivity contribution in [2.45, 2.75) is 32.4 Å². The average molecular weight is 246 g/mol. The van der Waals surface area contributed by atoms with Crippen molar-refractivity contribution in [3.05, 3.63) is 18.0 Å². The summed E-state index contributed by atoms with van der Waals surface area (Å²) in [5.41, 5.74) is 0.746. The van der Waals surface area contributed by atoms with Crippen LogP contribution in [0.4, 0.5) is 0 Å². The number of hydrogen-bond acceptors (Lipinski definition) is 4. The molecule has 1 heterocycles. The normalized spacial score (nSPS) is 13.9. The summed E-state index contributed by atoms with van der Waals surface area (Å²) in [6.45, 7) is 2.64. The Labute approximate surface area is 96.0 Å². The van der Waals surface area contributed by atoms with E-state index in [9.17, 15) is 13.5 Å². The predicted molar refractivity (Wildman–Crippen MR) is 61.8 cm³/mol. The molecule has 1 aromatic heterocycles. The van der Waals surface area contributed by atoms with Gasteiger partial charge in [-0.05, 0) is 25.8 Å². The molecule has 0 aliphatic heterocycles. The monoisotopic (exact) mass is 246 g/mol. The van der Waals surface area contributed by atoms with Crippen molar-refractivity contribution in [2.24, 2.45) is 0 Å². The second-order valence-corrected chi connectivity index (χ2v) is 6.12. The Morgan fingerprint density at radius 2 is 2.25 bits per heavy atom. The zero-order valence-electron chi connectivity index (χ0n) is 9.63. The third-order valence-corrected chi connectivity index (χ3v) is 3.41. The Hall–Kier alpha value is -0.880. The fourth-order valence-corrected chi connectivity index (χ4v) is 2.27. The summed E-state index contributed by atoms with van der Waals surface area (Å²) >= 11 is 0. The predicted octanol–water partition coefficient (Wildman–Crippen LogP) is 0.761. The van der Waals surface area contributed by atoms with Crippen LogP contribution in [-0.4, -0.2) is 35.3 Å². The van der Waals surface area contributed by atoms with Crippen LogP contribution in [0.1, 0.15) is 31.6 Å². The van der Waals surface area contributed by atoms with Crippen LogP contribution < -0.4 is 0 Å². The third kappa shape index (κ3) is 3.94. The Morgan fingerprint density at radius 1 is 1.56 bits per heavy atom. The molecule has 0 amide bonds. The highest BCUT2D eigenvalue weighted by Gasteiger charge is 2.13. The summed E-state index contributed by atoms with van der Waals surface area (Å²) in [5.74, 6) is 0.115. The van der Waals surface area contributed by atoms with E-state index in [2.05, 4.69) is 5.10 Å². The second kappa shape index (κ2) is 5.45. The maximum atomic E-state index is 10.9. The maximum Gasteiger partial charge on any atom is 0.147 e. The van der Waals surface area contributed by atoms with E-state index in [0.717, 1.165) is 5.69 Å². The standard InChI is InChI=1S/C10H18N2O3S/c1-3-12-9(6-7-11-12)10(13)5-4-8-16(2,14)15/h6-7,10,13H,3-5,8H2,1-2H3. The molecule has 0 fully saturated rings. The van der Waals surface area contributed by atoms with E-state index in [-0.39, 0.29) is 5.75 Å². The van der Waals surface area contributed by atoms with E-state index < -0.39 is 15.9 Å². The van der Waals surface area contributed by atoms with Crippen molar-refractivity contribution < 1.29 is 13.5 Å². The lowest BCUT2D eigenvalue weighted by atomic mass is 10.1. The van der Waals surface area contributed by atoms with Crippen LogP contribution >= 0.6 is 0 Å². The van der Waals surface area contributed by atoms with E-state index in [1.54, 1.807) is 16.9 Å². The number of aryl methyl sites for hydroxylation is 1. The molecular formula is C10H18N2O3S. The molecule has 1 atom stereocenters. The van der Waals surface area contributed by atoms with Crippen LogP contribution in [0.2, 0.25) is 0 Å². The zero-order chi connectivity index (χ0) is 12.2. The molecule has 0 aliphatic rings. The zero-order valence-corrected chi connectivity index (χ0v) is 10.4. The molecule has 1 aromatic rings. The van der Waals surface area contributed by atoms with Crippen molar-refractivity contribution in [1.29, 1.82) is 0 Å². The van der Waals surface area contributed by atoms with Gasteiger partial charge in [-0.25, -0.2) is 8.42 Å². The van der Waals surface area contributed by atoms with Gasteiger partial charge in [-0.15, -0.1) is 0 Å².